The molecule has 174 valence electrons. The van der Waals surface area contributed by atoms with Crippen LogP contribution < -0.4 is 10.1 Å². The van der Waals surface area contributed by atoms with E-state index in [-0.39, 0.29) is 11.7 Å². The largest absolute Gasteiger partial charge is 0.497 e. The molecule has 34 heavy (non-hydrogen) atoms. The second kappa shape index (κ2) is 10.1. The van der Waals surface area contributed by atoms with Crippen molar-refractivity contribution in [1.82, 2.24) is 24.5 Å². The molecule has 2 heterocycles. The lowest BCUT2D eigenvalue weighted by molar-refractivity contribution is -0.113. The van der Waals surface area contributed by atoms with Gasteiger partial charge in [-0.05, 0) is 37.1 Å². The number of para-hydroxylation sites is 1. The lowest BCUT2D eigenvalue weighted by atomic mass is 10.2. The third-order valence-corrected chi connectivity index (χ3v) is 6.85. The fourth-order valence-corrected chi connectivity index (χ4v) is 5.04. The first-order chi connectivity index (χ1) is 16.7. The molecule has 4 aromatic rings. The zero-order chi connectivity index (χ0) is 23.3. The molecule has 0 bridgehead atoms. The van der Waals surface area contributed by atoms with E-state index in [4.69, 9.17) is 4.74 Å². The Morgan fingerprint density at radius 1 is 1.09 bits per heavy atom. The molecular formula is C25H26N6O2S. The molecule has 0 saturated heterocycles. The predicted octanol–water partition coefficient (Wildman–Crippen LogP) is 4.99. The molecule has 1 fully saturated rings. The van der Waals surface area contributed by atoms with Gasteiger partial charge in [-0.2, -0.15) is 5.10 Å². The standard InChI is InChI=1S/C25H26N6O2S/c1-33-21-13-7-8-18(16-21)24-28-29-25(30(24)19-9-3-2-4-10-19)34-17-23(32)27-22-14-15-26-31(22)20-11-5-6-12-20/h2-4,7-10,13-16,20H,5-6,11-12,17H2,1H3,(H,27,32). The molecule has 2 aromatic heterocycles. The summed E-state index contributed by atoms with van der Waals surface area (Å²) in [4.78, 5) is 12.8. The summed E-state index contributed by atoms with van der Waals surface area (Å²) in [5.41, 5.74) is 1.81. The zero-order valence-electron chi connectivity index (χ0n) is 18.9. The number of methoxy groups -OCH3 is 1. The van der Waals surface area contributed by atoms with E-state index in [0.717, 1.165) is 35.7 Å². The van der Waals surface area contributed by atoms with Gasteiger partial charge in [-0.1, -0.05) is 54.9 Å². The number of carbonyl (C=O) groups excluding carboxylic acids is 1. The number of thioether (sulfide) groups is 1. The molecule has 1 aliphatic rings. The van der Waals surface area contributed by atoms with Crippen molar-refractivity contribution < 1.29 is 9.53 Å². The van der Waals surface area contributed by atoms with E-state index in [1.807, 2.05) is 69.9 Å². The third kappa shape index (κ3) is 4.70. The van der Waals surface area contributed by atoms with Gasteiger partial charge in [-0.15, -0.1) is 10.2 Å². The first-order valence-electron chi connectivity index (χ1n) is 11.3. The van der Waals surface area contributed by atoms with Gasteiger partial charge in [0.1, 0.15) is 11.6 Å². The lowest BCUT2D eigenvalue weighted by Crippen LogP contribution is -2.19. The van der Waals surface area contributed by atoms with Crippen LogP contribution in [-0.2, 0) is 4.79 Å². The Hall–Kier alpha value is -3.59. The van der Waals surface area contributed by atoms with E-state index in [1.165, 1.54) is 24.6 Å². The van der Waals surface area contributed by atoms with Crippen molar-refractivity contribution in [2.24, 2.45) is 0 Å². The summed E-state index contributed by atoms with van der Waals surface area (Å²) in [6.07, 6.45) is 6.36. The number of hydrogen-bond donors (Lipinski definition) is 1. The first kappa shape index (κ1) is 22.2. The maximum atomic E-state index is 12.8. The molecular weight excluding hydrogens is 448 g/mol. The quantitative estimate of drug-likeness (QED) is 0.362. The molecule has 9 heteroatoms. The highest BCUT2D eigenvalue weighted by Gasteiger charge is 2.21. The molecule has 0 unspecified atom stereocenters. The molecule has 1 aliphatic carbocycles. The number of hydrogen-bond acceptors (Lipinski definition) is 6. The van der Waals surface area contributed by atoms with Crippen molar-refractivity contribution >= 4 is 23.5 Å². The summed E-state index contributed by atoms with van der Waals surface area (Å²) in [5, 5.41) is 17.0. The Morgan fingerprint density at radius 3 is 2.71 bits per heavy atom. The van der Waals surface area contributed by atoms with Crippen LogP contribution in [0.2, 0.25) is 0 Å². The zero-order valence-corrected chi connectivity index (χ0v) is 19.7. The number of nitrogens with zero attached hydrogens (tertiary/aromatic N) is 5. The Balaban J connectivity index is 1.36. The van der Waals surface area contributed by atoms with Crippen molar-refractivity contribution in [1.29, 1.82) is 0 Å². The third-order valence-electron chi connectivity index (χ3n) is 5.92. The van der Waals surface area contributed by atoms with Gasteiger partial charge in [0.15, 0.2) is 11.0 Å². The number of aromatic nitrogens is 5. The molecule has 0 aliphatic heterocycles. The van der Waals surface area contributed by atoms with E-state index >= 15 is 0 Å². The van der Waals surface area contributed by atoms with E-state index in [2.05, 4.69) is 20.6 Å². The fourth-order valence-electron chi connectivity index (χ4n) is 4.28. The van der Waals surface area contributed by atoms with Gasteiger partial charge in [0, 0.05) is 17.3 Å². The van der Waals surface area contributed by atoms with Crippen molar-refractivity contribution in [3.05, 3.63) is 66.9 Å². The number of nitrogens with one attached hydrogen (secondary N) is 1. The average molecular weight is 475 g/mol. The monoisotopic (exact) mass is 474 g/mol. The number of rotatable bonds is 8. The van der Waals surface area contributed by atoms with Crippen LogP contribution in [0.15, 0.2) is 72.0 Å². The summed E-state index contributed by atoms with van der Waals surface area (Å²) in [6.45, 7) is 0. The van der Waals surface area contributed by atoms with Crippen molar-refractivity contribution in [3.8, 4) is 22.8 Å². The van der Waals surface area contributed by atoms with Gasteiger partial charge >= 0.3 is 0 Å². The van der Waals surface area contributed by atoms with E-state index in [0.29, 0.717) is 17.0 Å². The van der Waals surface area contributed by atoms with E-state index < -0.39 is 0 Å². The molecule has 0 spiro atoms. The average Bonchev–Trinajstić information content (AvgIpc) is 3.64. The maximum Gasteiger partial charge on any atom is 0.235 e. The van der Waals surface area contributed by atoms with Gasteiger partial charge in [0.25, 0.3) is 0 Å². The van der Waals surface area contributed by atoms with Crippen molar-refractivity contribution in [3.63, 3.8) is 0 Å². The molecule has 8 nitrogen and oxygen atoms in total. The van der Waals surface area contributed by atoms with E-state index in [9.17, 15) is 4.79 Å². The van der Waals surface area contributed by atoms with Crippen LogP contribution in [-0.4, -0.2) is 43.3 Å². The van der Waals surface area contributed by atoms with Gasteiger partial charge in [0.05, 0.1) is 25.1 Å². The lowest BCUT2D eigenvalue weighted by Gasteiger charge is -2.14. The predicted molar refractivity (Wildman–Crippen MR) is 132 cm³/mol. The van der Waals surface area contributed by atoms with Gasteiger partial charge in [-0.3, -0.25) is 9.36 Å². The topological polar surface area (TPSA) is 86.9 Å². The number of anilines is 1. The summed E-state index contributed by atoms with van der Waals surface area (Å²) in [5.74, 6) is 2.29. The maximum absolute atomic E-state index is 12.8. The molecule has 1 saturated carbocycles. The Morgan fingerprint density at radius 2 is 1.91 bits per heavy atom. The number of benzene rings is 2. The molecule has 1 N–H and O–H groups in total. The van der Waals surface area contributed by atoms with Crippen LogP contribution in [0.5, 0.6) is 5.75 Å². The molecule has 0 radical (unpaired) electrons. The highest BCUT2D eigenvalue weighted by Crippen LogP contribution is 2.32. The smallest absolute Gasteiger partial charge is 0.235 e. The Kier molecular flexibility index (Phi) is 6.62. The van der Waals surface area contributed by atoms with Crippen LogP contribution in [0.4, 0.5) is 5.82 Å². The summed E-state index contributed by atoms with van der Waals surface area (Å²) in [6, 6.07) is 19.8. The van der Waals surface area contributed by atoms with Crippen molar-refractivity contribution in [2.45, 2.75) is 36.9 Å². The molecule has 5 rings (SSSR count). The van der Waals surface area contributed by atoms with Gasteiger partial charge in [-0.25, -0.2) is 4.68 Å². The minimum Gasteiger partial charge on any atom is -0.497 e. The second-order valence-corrected chi connectivity index (χ2v) is 9.09. The first-order valence-corrected chi connectivity index (χ1v) is 12.3. The van der Waals surface area contributed by atoms with Crippen LogP contribution in [0.1, 0.15) is 31.7 Å². The van der Waals surface area contributed by atoms with Crippen LogP contribution in [0.3, 0.4) is 0 Å². The van der Waals surface area contributed by atoms with Crippen LogP contribution >= 0.6 is 11.8 Å². The van der Waals surface area contributed by atoms with E-state index in [1.54, 1.807) is 13.3 Å². The Bertz CT molecular complexity index is 1260. The number of amides is 1. The second-order valence-electron chi connectivity index (χ2n) is 8.15. The van der Waals surface area contributed by atoms with Gasteiger partial charge in [0.2, 0.25) is 5.91 Å². The Labute approximate surface area is 202 Å². The van der Waals surface area contributed by atoms with Crippen LogP contribution in [0, 0.1) is 0 Å². The molecule has 0 atom stereocenters. The number of ether oxygens (including phenoxy) is 1. The molecule has 1 amide bonds. The molecule has 2 aromatic carbocycles. The van der Waals surface area contributed by atoms with Crippen LogP contribution in [0.25, 0.3) is 17.1 Å². The minimum absolute atomic E-state index is 0.102. The highest BCUT2D eigenvalue weighted by molar-refractivity contribution is 7.99. The normalized spacial score (nSPS) is 13.8. The van der Waals surface area contributed by atoms with Crippen molar-refractivity contribution in [2.75, 3.05) is 18.2 Å². The summed E-state index contributed by atoms with van der Waals surface area (Å²) in [7, 11) is 1.64. The highest BCUT2D eigenvalue weighted by atomic mass is 32.2. The summed E-state index contributed by atoms with van der Waals surface area (Å²) < 4.78 is 9.30. The SMILES string of the molecule is COc1cccc(-c2nnc(SCC(=O)Nc3ccnn3C3CCCC3)n2-c2ccccc2)c1. The van der Waals surface area contributed by atoms with Gasteiger partial charge < -0.3 is 10.1 Å². The summed E-state index contributed by atoms with van der Waals surface area (Å²) >= 11 is 1.35. The fraction of sp³-hybridized carbons (Fsp3) is 0.280. The minimum atomic E-state index is -0.102. The number of carbonyl (C=O) groups is 1.